The van der Waals surface area contributed by atoms with Crippen molar-refractivity contribution in [2.24, 2.45) is 0 Å². The number of nitrogens with zero attached hydrogens (tertiary/aromatic N) is 1. The third-order valence-corrected chi connectivity index (χ3v) is 4.87. The van der Waals surface area contributed by atoms with Gasteiger partial charge in [0.1, 0.15) is 0 Å². The molecule has 1 aliphatic heterocycles. The molecule has 0 bridgehead atoms. The summed E-state index contributed by atoms with van der Waals surface area (Å²) in [5, 5.41) is 2.70. The molecule has 6 heteroatoms. The number of amides is 1. The Balaban J connectivity index is 1.98. The van der Waals surface area contributed by atoms with Crippen LogP contribution in [0.1, 0.15) is 39.9 Å². The topological polar surface area (TPSA) is 32.3 Å². The highest BCUT2D eigenvalue weighted by molar-refractivity contribution is 6.07. The summed E-state index contributed by atoms with van der Waals surface area (Å²) in [6.45, 7) is 5.28. The first-order chi connectivity index (χ1) is 12.3. The number of alkyl halides is 3. The maximum absolute atomic E-state index is 13.1. The van der Waals surface area contributed by atoms with E-state index in [2.05, 4.69) is 5.32 Å². The van der Waals surface area contributed by atoms with Gasteiger partial charge in [-0.2, -0.15) is 13.2 Å². The van der Waals surface area contributed by atoms with Crippen molar-refractivity contribution >= 4 is 17.3 Å². The number of aryl methyl sites for hydroxylation is 1. The number of rotatable bonds is 3. The monoisotopic (exact) mass is 362 g/mol. The van der Waals surface area contributed by atoms with Gasteiger partial charge in [0.25, 0.3) is 5.91 Å². The molecule has 0 radical (unpaired) electrons. The van der Waals surface area contributed by atoms with E-state index in [1.54, 1.807) is 12.1 Å². The van der Waals surface area contributed by atoms with E-state index >= 15 is 0 Å². The fourth-order valence-electron chi connectivity index (χ4n) is 3.23. The number of nitrogens with one attached hydrogen (secondary N) is 1. The molecule has 1 amide bonds. The summed E-state index contributed by atoms with van der Waals surface area (Å²) in [7, 11) is 0. The van der Waals surface area contributed by atoms with Crippen LogP contribution < -0.4 is 10.2 Å². The highest BCUT2D eigenvalue weighted by Crippen LogP contribution is 2.36. The van der Waals surface area contributed by atoms with Crippen molar-refractivity contribution in [1.82, 2.24) is 0 Å². The van der Waals surface area contributed by atoms with Gasteiger partial charge in [0.2, 0.25) is 0 Å². The van der Waals surface area contributed by atoms with Gasteiger partial charge in [0.15, 0.2) is 0 Å². The van der Waals surface area contributed by atoms with Gasteiger partial charge < -0.3 is 10.2 Å². The van der Waals surface area contributed by atoms with E-state index in [0.717, 1.165) is 49.2 Å². The summed E-state index contributed by atoms with van der Waals surface area (Å²) in [6, 6.07) is 8.89. The van der Waals surface area contributed by atoms with Gasteiger partial charge in [-0.15, -0.1) is 0 Å². The van der Waals surface area contributed by atoms with E-state index in [4.69, 9.17) is 0 Å². The molecular formula is C20H21F3N2O. The summed E-state index contributed by atoms with van der Waals surface area (Å²) in [6.07, 6.45) is -2.47. The first-order valence-corrected chi connectivity index (χ1v) is 8.61. The largest absolute Gasteiger partial charge is 0.416 e. The van der Waals surface area contributed by atoms with Crippen LogP contribution in [0.15, 0.2) is 36.4 Å². The van der Waals surface area contributed by atoms with Gasteiger partial charge in [-0.3, -0.25) is 4.79 Å². The third kappa shape index (κ3) is 3.69. The average molecular weight is 362 g/mol. The second-order valence-corrected chi connectivity index (χ2v) is 6.63. The predicted octanol–water partition coefficient (Wildman–Crippen LogP) is 5.17. The zero-order chi connectivity index (χ0) is 18.9. The van der Waals surface area contributed by atoms with Crippen LogP contribution in [-0.2, 0) is 6.18 Å². The standard InChI is InChI=1S/C20H21F3N2O/c1-13-6-5-7-16(14(13)2)19(26)24-17-12-15(20(21,22)23)8-9-18(17)25-10-3-4-11-25/h5-9,12H,3-4,10-11H2,1-2H3,(H,24,26). The first kappa shape index (κ1) is 18.3. The van der Waals surface area contributed by atoms with Crippen molar-refractivity contribution in [3.8, 4) is 0 Å². The Morgan fingerprint density at radius 1 is 1.08 bits per heavy atom. The minimum Gasteiger partial charge on any atom is -0.370 e. The molecular weight excluding hydrogens is 341 g/mol. The third-order valence-electron chi connectivity index (χ3n) is 4.87. The maximum Gasteiger partial charge on any atom is 0.416 e. The highest BCUT2D eigenvalue weighted by atomic mass is 19.4. The Morgan fingerprint density at radius 2 is 1.77 bits per heavy atom. The van der Waals surface area contributed by atoms with Crippen molar-refractivity contribution in [3.63, 3.8) is 0 Å². The molecule has 0 aromatic heterocycles. The van der Waals surface area contributed by atoms with E-state index < -0.39 is 17.6 Å². The Hall–Kier alpha value is -2.50. The minimum atomic E-state index is -4.46. The lowest BCUT2D eigenvalue weighted by molar-refractivity contribution is -0.137. The summed E-state index contributed by atoms with van der Waals surface area (Å²) >= 11 is 0. The number of carbonyl (C=O) groups excluding carboxylic acids is 1. The SMILES string of the molecule is Cc1cccc(C(=O)Nc2cc(C(F)(F)F)ccc2N2CCCC2)c1C. The molecule has 0 spiro atoms. The molecule has 0 aliphatic carbocycles. The van der Waals surface area contributed by atoms with Crippen LogP contribution in [0.25, 0.3) is 0 Å². The average Bonchev–Trinajstić information content (AvgIpc) is 3.10. The molecule has 1 aliphatic rings. The molecule has 3 nitrogen and oxygen atoms in total. The molecule has 0 saturated carbocycles. The van der Waals surface area contributed by atoms with Gasteiger partial charge >= 0.3 is 6.18 Å². The number of halogens is 3. The molecule has 138 valence electrons. The molecule has 1 N–H and O–H groups in total. The highest BCUT2D eigenvalue weighted by Gasteiger charge is 2.32. The lowest BCUT2D eigenvalue weighted by Gasteiger charge is -2.23. The summed E-state index contributed by atoms with van der Waals surface area (Å²) in [5.41, 5.74) is 2.31. The van der Waals surface area contributed by atoms with Gasteiger partial charge in [-0.1, -0.05) is 12.1 Å². The Morgan fingerprint density at radius 3 is 2.42 bits per heavy atom. The Kier molecular flexibility index (Phi) is 4.94. The second kappa shape index (κ2) is 7.02. The number of hydrogen-bond acceptors (Lipinski definition) is 2. The van der Waals surface area contributed by atoms with Crippen LogP contribution in [0.3, 0.4) is 0 Å². The van der Waals surface area contributed by atoms with E-state index in [1.807, 2.05) is 24.8 Å². The fourth-order valence-corrected chi connectivity index (χ4v) is 3.23. The van der Waals surface area contributed by atoms with Crippen molar-refractivity contribution < 1.29 is 18.0 Å². The molecule has 0 atom stereocenters. The smallest absolute Gasteiger partial charge is 0.370 e. The molecule has 3 rings (SSSR count). The van der Waals surface area contributed by atoms with E-state index in [-0.39, 0.29) is 5.69 Å². The summed E-state index contributed by atoms with van der Waals surface area (Å²) in [5.74, 6) is -0.397. The first-order valence-electron chi connectivity index (χ1n) is 8.61. The van der Waals surface area contributed by atoms with Gasteiger partial charge in [0.05, 0.1) is 16.9 Å². The van der Waals surface area contributed by atoms with Crippen LogP contribution in [-0.4, -0.2) is 19.0 Å². The van der Waals surface area contributed by atoms with E-state index in [0.29, 0.717) is 11.3 Å². The van der Waals surface area contributed by atoms with E-state index in [9.17, 15) is 18.0 Å². The minimum absolute atomic E-state index is 0.202. The lowest BCUT2D eigenvalue weighted by Crippen LogP contribution is -2.22. The lowest BCUT2D eigenvalue weighted by atomic mass is 10.0. The maximum atomic E-state index is 13.1. The van der Waals surface area contributed by atoms with Crippen molar-refractivity contribution in [2.45, 2.75) is 32.9 Å². The summed E-state index contributed by atoms with van der Waals surface area (Å²) in [4.78, 5) is 14.7. The number of carbonyl (C=O) groups is 1. The second-order valence-electron chi connectivity index (χ2n) is 6.63. The van der Waals surface area contributed by atoms with Crippen LogP contribution in [0, 0.1) is 13.8 Å². The fraction of sp³-hybridized carbons (Fsp3) is 0.350. The van der Waals surface area contributed by atoms with Crippen LogP contribution in [0.5, 0.6) is 0 Å². The normalized spacial score (nSPS) is 14.6. The molecule has 1 fully saturated rings. The molecule has 1 heterocycles. The molecule has 2 aromatic rings. The van der Waals surface area contributed by atoms with Crippen molar-refractivity contribution in [2.75, 3.05) is 23.3 Å². The quantitative estimate of drug-likeness (QED) is 0.816. The number of anilines is 2. The van der Waals surface area contributed by atoms with Crippen LogP contribution in [0.2, 0.25) is 0 Å². The van der Waals surface area contributed by atoms with Gasteiger partial charge in [-0.25, -0.2) is 0 Å². The summed E-state index contributed by atoms with van der Waals surface area (Å²) < 4.78 is 39.4. The van der Waals surface area contributed by atoms with E-state index in [1.165, 1.54) is 6.07 Å². The van der Waals surface area contributed by atoms with Crippen molar-refractivity contribution in [1.29, 1.82) is 0 Å². The number of hydrogen-bond donors (Lipinski definition) is 1. The Bertz CT molecular complexity index is 824. The molecule has 26 heavy (non-hydrogen) atoms. The van der Waals surface area contributed by atoms with Crippen molar-refractivity contribution in [3.05, 3.63) is 58.7 Å². The molecule has 1 saturated heterocycles. The van der Waals surface area contributed by atoms with Gasteiger partial charge in [-0.05, 0) is 62.1 Å². The zero-order valence-electron chi connectivity index (χ0n) is 14.8. The predicted molar refractivity (Wildman–Crippen MR) is 96.8 cm³/mol. The van der Waals surface area contributed by atoms with Crippen LogP contribution in [0.4, 0.5) is 24.5 Å². The van der Waals surface area contributed by atoms with Gasteiger partial charge in [0, 0.05) is 18.7 Å². The molecule has 2 aromatic carbocycles. The zero-order valence-corrected chi connectivity index (χ0v) is 14.8. The van der Waals surface area contributed by atoms with Crippen LogP contribution >= 0.6 is 0 Å². The number of benzene rings is 2. The Labute approximate surface area is 150 Å². The molecule has 0 unspecified atom stereocenters.